The van der Waals surface area contributed by atoms with E-state index in [-0.39, 0.29) is 51.7 Å². The average Bonchev–Trinajstić information content (AvgIpc) is 3.61. The van der Waals surface area contributed by atoms with Crippen LogP contribution in [-0.4, -0.2) is 31.4 Å². The van der Waals surface area contributed by atoms with Gasteiger partial charge in [0.15, 0.2) is 0 Å². The lowest BCUT2D eigenvalue weighted by molar-refractivity contribution is 0.0728. The molecule has 0 unspecified atom stereocenters. The van der Waals surface area contributed by atoms with E-state index in [1.54, 1.807) is 11.0 Å². The Labute approximate surface area is 175 Å². The number of carbonyl (C=O) groups excluding carboxylic acids is 1. The van der Waals surface area contributed by atoms with Crippen LogP contribution in [0.4, 0.5) is 4.39 Å². The fraction of sp³-hybridized carbons (Fsp3) is 0.333. The first-order chi connectivity index (χ1) is 14.4. The first kappa shape index (κ1) is 19.0. The zero-order valence-electron chi connectivity index (χ0n) is 15.9. The first-order valence-electron chi connectivity index (χ1n) is 9.82. The second-order valence-corrected chi connectivity index (χ2v) is 8.23. The van der Waals surface area contributed by atoms with Crippen LogP contribution >= 0.6 is 11.6 Å². The third-order valence-corrected chi connectivity index (χ3v) is 5.93. The van der Waals surface area contributed by atoms with E-state index in [1.165, 1.54) is 29.0 Å². The summed E-state index contributed by atoms with van der Waals surface area (Å²) in [6.45, 7) is 0.0327. The Hall–Kier alpha value is -3.00. The van der Waals surface area contributed by atoms with E-state index in [0.29, 0.717) is 0 Å². The second-order valence-electron chi connectivity index (χ2n) is 7.82. The van der Waals surface area contributed by atoms with Gasteiger partial charge in [0.1, 0.15) is 11.5 Å². The number of aromatic amines is 1. The Morgan fingerprint density at radius 2 is 2.03 bits per heavy atom. The van der Waals surface area contributed by atoms with E-state index >= 15 is 0 Å². The molecule has 2 aromatic heterocycles. The maximum Gasteiger partial charge on any atom is 0.330 e. The zero-order valence-corrected chi connectivity index (χ0v) is 16.7. The topological polar surface area (TPSA) is 88.1 Å². The zero-order chi connectivity index (χ0) is 21.0. The van der Waals surface area contributed by atoms with Gasteiger partial charge in [-0.25, -0.2) is 14.2 Å². The van der Waals surface area contributed by atoms with Gasteiger partial charge >= 0.3 is 5.69 Å². The van der Waals surface area contributed by atoms with Crippen molar-refractivity contribution in [1.82, 2.24) is 19.4 Å². The summed E-state index contributed by atoms with van der Waals surface area (Å²) in [7, 11) is 0. The highest BCUT2D eigenvalue weighted by molar-refractivity contribution is 6.31. The van der Waals surface area contributed by atoms with Gasteiger partial charge in [-0.2, -0.15) is 0 Å². The lowest BCUT2D eigenvalue weighted by Gasteiger charge is -2.23. The number of carbonyl (C=O) groups is 1. The number of rotatable bonds is 5. The highest BCUT2D eigenvalue weighted by Gasteiger charge is 2.34. The van der Waals surface area contributed by atoms with E-state index in [0.717, 1.165) is 25.7 Å². The average molecular weight is 429 g/mol. The van der Waals surface area contributed by atoms with E-state index in [4.69, 9.17) is 11.6 Å². The van der Waals surface area contributed by atoms with Gasteiger partial charge in [0.2, 0.25) is 0 Å². The van der Waals surface area contributed by atoms with Gasteiger partial charge in [-0.05, 0) is 43.9 Å². The molecule has 0 spiro atoms. The van der Waals surface area contributed by atoms with Gasteiger partial charge in [-0.15, -0.1) is 0 Å². The van der Waals surface area contributed by atoms with Gasteiger partial charge < -0.3 is 4.90 Å². The van der Waals surface area contributed by atoms with Crippen LogP contribution in [-0.2, 0) is 6.54 Å². The third-order valence-electron chi connectivity index (χ3n) is 5.58. The molecule has 5 rings (SSSR count). The summed E-state index contributed by atoms with van der Waals surface area (Å²) in [4.78, 5) is 45.9. The molecular weight excluding hydrogens is 411 g/mol. The van der Waals surface area contributed by atoms with Gasteiger partial charge in [0.25, 0.3) is 11.5 Å². The molecule has 2 saturated carbocycles. The molecule has 0 saturated heterocycles. The summed E-state index contributed by atoms with van der Waals surface area (Å²) in [6.07, 6.45) is 4.71. The molecule has 9 heteroatoms. The van der Waals surface area contributed by atoms with Gasteiger partial charge in [-0.3, -0.25) is 19.1 Å². The molecule has 0 aliphatic heterocycles. The highest BCUT2D eigenvalue weighted by Crippen LogP contribution is 2.35. The largest absolute Gasteiger partial charge is 0.331 e. The van der Waals surface area contributed by atoms with Crippen molar-refractivity contribution in [3.05, 3.63) is 73.3 Å². The number of nitrogens with zero attached hydrogens (tertiary/aromatic N) is 3. The third kappa shape index (κ3) is 3.31. The number of nitrogens with one attached hydrogen (secondary N) is 1. The number of hydrogen-bond acceptors (Lipinski definition) is 4. The maximum absolute atomic E-state index is 14.3. The summed E-state index contributed by atoms with van der Waals surface area (Å²) in [5.41, 5.74) is -0.320. The minimum atomic E-state index is -0.579. The molecule has 1 aromatic carbocycles. The fourth-order valence-electron chi connectivity index (χ4n) is 3.70. The van der Waals surface area contributed by atoms with Crippen molar-refractivity contribution in [2.45, 2.75) is 44.3 Å². The van der Waals surface area contributed by atoms with Crippen molar-refractivity contribution in [2.75, 3.05) is 0 Å². The van der Waals surface area contributed by atoms with Crippen LogP contribution in [0.5, 0.6) is 0 Å². The molecule has 2 aliphatic rings. The minimum Gasteiger partial charge on any atom is -0.331 e. The van der Waals surface area contributed by atoms with Gasteiger partial charge in [0.05, 0.1) is 17.5 Å². The number of aromatic nitrogens is 3. The van der Waals surface area contributed by atoms with Crippen LogP contribution in [0.3, 0.4) is 0 Å². The Morgan fingerprint density at radius 1 is 1.27 bits per heavy atom. The van der Waals surface area contributed by atoms with Crippen molar-refractivity contribution in [3.8, 4) is 0 Å². The molecule has 30 heavy (non-hydrogen) atoms. The summed E-state index contributed by atoms with van der Waals surface area (Å²) in [5, 5.41) is 0.446. The molecule has 3 aromatic rings. The number of fused-ring (bicyclic) bond motifs is 1. The molecule has 2 heterocycles. The number of benzene rings is 1. The molecule has 1 amide bonds. The monoisotopic (exact) mass is 428 g/mol. The van der Waals surface area contributed by atoms with E-state index in [2.05, 4.69) is 9.97 Å². The smallest absolute Gasteiger partial charge is 0.330 e. The minimum absolute atomic E-state index is 0.0115. The van der Waals surface area contributed by atoms with Crippen molar-refractivity contribution < 1.29 is 9.18 Å². The fourth-order valence-corrected chi connectivity index (χ4v) is 3.92. The normalized spacial score (nSPS) is 16.1. The van der Waals surface area contributed by atoms with Crippen molar-refractivity contribution >= 4 is 28.5 Å². The standard InChI is InChI=1S/C21H18ClFN4O3/c22-16-2-1-3-17(23)15(16)10-26(12-4-5-12)20(29)11-8-14-18(24-9-11)27(13-6-7-13)21(30)25-19(14)28/h1-3,8-9,12-13H,4-7,10H2,(H,25,28,30). The molecule has 7 nitrogen and oxygen atoms in total. The predicted octanol–water partition coefficient (Wildman–Crippen LogP) is 3.02. The van der Waals surface area contributed by atoms with Gasteiger partial charge in [0, 0.05) is 28.9 Å². The highest BCUT2D eigenvalue weighted by atomic mass is 35.5. The number of halogens is 2. The van der Waals surface area contributed by atoms with Crippen LogP contribution in [0.15, 0.2) is 40.1 Å². The molecule has 0 bridgehead atoms. The Kier molecular flexibility index (Phi) is 4.47. The Morgan fingerprint density at radius 3 is 2.70 bits per heavy atom. The number of hydrogen-bond donors (Lipinski definition) is 1. The van der Waals surface area contributed by atoms with Crippen LogP contribution in [0.2, 0.25) is 5.02 Å². The molecular formula is C21H18ClFN4O3. The first-order valence-corrected chi connectivity index (χ1v) is 10.2. The molecule has 0 atom stereocenters. The Balaban J connectivity index is 1.54. The lowest BCUT2D eigenvalue weighted by atomic mass is 10.1. The van der Waals surface area contributed by atoms with E-state index < -0.39 is 17.1 Å². The van der Waals surface area contributed by atoms with Crippen LogP contribution in [0, 0.1) is 5.82 Å². The van der Waals surface area contributed by atoms with Crippen molar-refractivity contribution in [3.63, 3.8) is 0 Å². The molecule has 1 N–H and O–H groups in total. The Bertz CT molecular complexity index is 1270. The quantitative estimate of drug-likeness (QED) is 0.676. The lowest BCUT2D eigenvalue weighted by Crippen LogP contribution is -2.34. The van der Waals surface area contributed by atoms with E-state index in [9.17, 15) is 18.8 Å². The maximum atomic E-state index is 14.3. The summed E-state index contributed by atoms with van der Waals surface area (Å²) < 4.78 is 15.7. The summed E-state index contributed by atoms with van der Waals surface area (Å²) in [6, 6.07) is 5.89. The second kappa shape index (κ2) is 7.05. The van der Waals surface area contributed by atoms with Crippen molar-refractivity contribution in [1.29, 1.82) is 0 Å². The van der Waals surface area contributed by atoms with Gasteiger partial charge in [-0.1, -0.05) is 17.7 Å². The SMILES string of the molecule is O=C(c1cnc2c(c1)c(=O)[nH]c(=O)n2C1CC1)N(Cc1c(F)cccc1Cl)C1CC1. The van der Waals surface area contributed by atoms with E-state index in [1.807, 2.05) is 0 Å². The van der Waals surface area contributed by atoms with Crippen LogP contribution < -0.4 is 11.2 Å². The number of amides is 1. The summed E-state index contributed by atoms with van der Waals surface area (Å²) in [5.74, 6) is -0.822. The molecule has 154 valence electrons. The van der Waals surface area contributed by atoms with Crippen molar-refractivity contribution in [2.24, 2.45) is 0 Å². The summed E-state index contributed by atoms with van der Waals surface area (Å²) >= 11 is 6.15. The predicted molar refractivity (Wildman–Crippen MR) is 109 cm³/mol. The van der Waals surface area contributed by atoms with Crippen LogP contribution in [0.1, 0.15) is 47.6 Å². The molecule has 2 aliphatic carbocycles. The van der Waals surface area contributed by atoms with Crippen LogP contribution in [0.25, 0.3) is 11.0 Å². The number of H-pyrrole nitrogens is 1. The molecule has 2 fully saturated rings. The molecule has 0 radical (unpaired) electrons. The number of pyridine rings is 1.